The minimum atomic E-state index is 0. The molecule has 0 bridgehead atoms. The maximum Gasteiger partial charge on any atom is 2.00 e. The third-order valence-electron chi connectivity index (χ3n) is 1.17. The van der Waals surface area contributed by atoms with Gasteiger partial charge in [-0.25, -0.2) is 24.3 Å². The van der Waals surface area contributed by atoms with E-state index in [1.807, 2.05) is 24.3 Å². The summed E-state index contributed by atoms with van der Waals surface area (Å²) in [5, 5.41) is 0. The van der Waals surface area contributed by atoms with Gasteiger partial charge in [0.2, 0.25) is 0 Å². The largest absolute Gasteiger partial charge is 2.00 e. The molecule has 0 aromatic rings. The van der Waals surface area contributed by atoms with Gasteiger partial charge in [-0.3, -0.25) is 12.2 Å². The van der Waals surface area contributed by atoms with Crippen molar-refractivity contribution in [2.24, 2.45) is 0 Å². The maximum absolute atomic E-state index is 2.99. The average Bonchev–Trinajstić information content (AvgIpc) is 2.67. The Morgan fingerprint density at radius 2 is 1.14 bits per heavy atom. The number of hydrogen-bond acceptors (Lipinski definition) is 0. The molecule has 0 spiro atoms. The summed E-state index contributed by atoms with van der Waals surface area (Å²) >= 11 is 0. The Morgan fingerprint density at radius 3 is 1.21 bits per heavy atom. The Bertz CT molecular complexity index is 152. The van der Waals surface area contributed by atoms with Crippen LogP contribution in [0.15, 0.2) is 36.5 Å². The minimum Gasteiger partial charge on any atom is -1.00 e. The van der Waals surface area contributed by atoms with Crippen LogP contribution in [0.4, 0.5) is 0 Å². The molecule has 2 rings (SSSR count). The zero-order chi connectivity index (χ0) is 7.07. The van der Waals surface area contributed by atoms with Crippen LogP contribution in [0.2, 0.25) is 0 Å². The molecule has 0 aliphatic heterocycles. The summed E-state index contributed by atoms with van der Waals surface area (Å²) in [7, 11) is 0. The van der Waals surface area contributed by atoms with Crippen LogP contribution in [0.3, 0.4) is 0 Å². The Hall–Kier alpha value is -0.157. The van der Waals surface area contributed by atoms with Gasteiger partial charge in [-0.05, 0) is 0 Å². The molecule has 0 radical (unpaired) electrons. The molecule has 0 nitrogen and oxygen atoms in total. The molecule has 0 unspecified atom stereocenters. The molecule has 0 saturated heterocycles. The maximum atomic E-state index is 2.99. The molecule has 2 aliphatic rings. The van der Waals surface area contributed by atoms with Crippen LogP contribution in [0.1, 0.15) is 15.7 Å². The molecule has 1 heteroatoms. The second-order valence-electron chi connectivity index (χ2n) is 2.01. The molecule has 0 heterocycles. The Labute approximate surface area is 113 Å². The Kier molecular flexibility index (Phi) is 31.3. The van der Waals surface area contributed by atoms with E-state index in [2.05, 4.69) is 24.3 Å². The smallest absolute Gasteiger partial charge is 1.00 e. The minimum absolute atomic E-state index is 0. The monoisotopic (exact) mass is 267 g/mol. The Morgan fingerprint density at radius 1 is 0.786 bits per heavy atom. The van der Waals surface area contributed by atoms with Crippen molar-refractivity contribution in [1.82, 2.24) is 0 Å². The van der Waals surface area contributed by atoms with Crippen LogP contribution in [0.25, 0.3) is 0 Å². The zero-order valence-corrected chi connectivity index (χ0v) is 11.8. The van der Waals surface area contributed by atoms with E-state index < -0.39 is 0 Å². The summed E-state index contributed by atoms with van der Waals surface area (Å²) in [5.41, 5.74) is 0. The first-order valence-corrected chi connectivity index (χ1v) is 3.43. The van der Waals surface area contributed by atoms with Gasteiger partial charge in [0, 0.05) is 0 Å². The molecule has 0 aromatic heterocycles. The first-order valence-electron chi connectivity index (χ1n) is 3.43. The molecule has 0 atom stereocenters. The van der Waals surface area contributed by atoms with Gasteiger partial charge in [0.05, 0.1) is 0 Å². The van der Waals surface area contributed by atoms with Gasteiger partial charge in [-0.1, -0.05) is 0 Å². The van der Waals surface area contributed by atoms with Gasteiger partial charge in [0.1, 0.15) is 0 Å². The van der Waals surface area contributed by atoms with E-state index in [4.69, 9.17) is 0 Å². The van der Waals surface area contributed by atoms with Gasteiger partial charge < -0.3 is 25.1 Å². The summed E-state index contributed by atoms with van der Waals surface area (Å²) in [6.45, 7) is 0. The topological polar surface area (TPSA) is 0 Å². The van der Waals surface area contributed by atoms with Crippen molar-refractivity contribution in [3.63, 3.8) is 0 Å². The van der Waals surface area contributed by atoms with Gasteiger partial charge in [0.15, 0.2) is 0 Å². The molecule has 82 valence electrons. The summed E-state index contributed by atoms with van der Waals surface area (Å²) < 4.78 is 0. The fraction of sp³-hybridized carbons (Fsp3) is 0.154. The van der Waals surface area contributed by atoms with Crippen LogP contribution < -0.4 is 0 Å². The van der Waals surface area contributed by atoms with Gasteiger partial charge in [-0.2, -0.15) is 12.2 Å². The second kappa shape index (κ2) is 18.6. The van der Waals surface area contributed by atoms with E-state index in [0.29, 0.717) is 0 Å². The molecule has 2 aliphatic carbocycles. The number of rotatable bonds is 0. The van der Waals surface area contributed by atoms with Gasteiger partial charge >= 0.3 is 26.2 Å². The summed E-state index contributed by atoms with van der Waals surface area (Å²) in [5.74, 6) is 0. The van der Waals surface area contributed by atoms with E-state index in [-0.39, 0.29) is 51.3 Å². The second-order valence-corrected chi connectivity index (χ2v) is 2.01. The van der Waals surface area contributed by atoms with Crippen LogP contribution in [0.5, 0.6) is 0 Å². The average molecular weight is 269 g/mol. The van der Waals surface area contributed by atoms with Crippen molar-refractivity contribution in [2.75, 3.05) is 0 Å². The Balaban J connectivity index is -0.0000000227. The van der Waals surface area contributed by atoms with Crippen LogP contribution in [-0.4, -0.2) is 0 Å². The summed E-state index contributed by atoms with van der Waals surface area (Å²) in [6.07, 6.45) is 20.0. The SMILES string of the molecule is [C-]1=CC=CC1.[C-]1=CC=CC1.[CH3-].[CH3-].[CH3-].[H-].[H-].[Zr+2]. The quantitative estimate of drug-likeness (QED) is 0.578. The van der Waals surface area contributed by atoms with E-state index in [1.54, 1.807) is 0 Å². The van der Waals surface area contributed by atoms with Gasteiger partial charge in [-0.15, -0.1) is 12.8 Å². The molecule has 0 aromatic carbocycles. The molecule has 0 N–H and O–H groups in total. The first-order chi connectivity index (χ1) is 5.00. The summed E-state index contributed by atoms with van der Waals surface area (Å²) in [6, 6.07) is 0. The van der Waals surface area contributed by atoms with Crippen molar-refractivity contribution in [1.29, 1.82) is 0 Å². The van der Waals surface area contributed by atoms with Crippen molar-refractivity contribution in [3.8, 4) is 0 Å². The molecule has 0 fully saturated rings. The number of hydrogen-bond donors (Lipinski definition) is 0. The normalized spacial score (nSPS) is 12.6. The van der Waals surface area contributed by atoms with Crippen LogP contribution >= 0.6 is 0 Å². The molecule has 14 heavy (non-hydrogen) atoms. The third-order valence-corrected chi connectivity index (χ3v) is 1.17. The predicted octanol–water partition coefficient (Wildman–Crippen LogP) is 4.18. The molecular weight excluding hydrogens is 247 g/mol. The van der Waals surface area contributed by atoms with E-state index in [1.165, 1.54) is 0 Å². The predicted molar refractivity (Wildman–Crippen MR) is 64.6 cm³/mol. The van der Waals surface area contributed by atoms with E-state index in [9.17, 15) is 0 Å². The molecule has 0 saturated carbocycles. The summed E-state index contributed by atoms with van der Waals surface area (Å²) in [4.78, 5) is 0. The van der Waals surface area contributed by atoms with Crippen LogP contribution in [-0.2, 0) is 26.2 Å². The fourth-order valence-corrected chi connectivity index (χ4v) is 0.680. The van der Waals surface area contributed by atoms with Crippen LogP contribution in [0, 0.1) is 34.4 Å². The first kappa shape index (κ1) is 23.6. The molecular formula is C13H21Zr-5. The fourth-order valence-electron chi connectivity index (χ4n) is 0.680. The van der Waals surface area contributed by atoms with Crippen molar-refractivity contribution in [2.45, 2.75) is 12.8 Å². The van der Waals surface area contributed by atoms with E-state index >= 15 is 0 Å². The third kappa shape index (κ3) is 14.4. The van der Waals surface area contributed by atoms with Gasteiger partial charge in [0.25, 0.3) is 0 Å². The molecule has 0 amide bonds. The van der Waals surface area contributed by atoms with Crippen molar-refractivity contribution >= 4 is 0 Å². The van der Waals surface area contributed by atoms with Crippen molar-refractivity contribution < 1.29 is 29.1 Å². The standard InChI is InChI=1S/2C5H5.3CH3.Zr.2H/c2*1-2-4-5-3-1;;;;;;/h2*1-3H,4H2;3*1H3;;;/q5*-1;+2;2*-1. The van der Waals surface area contributed by atoms with Crippen molar-refractivity contribution in [3.05, 3.63) is 70.9 Å². The number of allylic oxidation sites excluding steroid dienone is 8. The van der Waals surface area contributed by atoms with E-state index in [0.717, 1.165) is 12.8 Å². The zero-order valence-electron chi connectivity index (χ0n) is 11.4.